The van der Waals surface area contributed by atoms with Gasteiger partial charge in [0.05, 0.1) is 31.0 Å². The van der Waals surface area contributed by atoms with Crippen LogP contribution >= 0.6 is 0 Å². The number of aromatic carboxylic acids is 1. The zero-order valence-electron chi connectivity index (χ0n) is 16.0. The van der Waals surface area contributed by atoms with E-state index >= 15 is 0 Å². The van der Waals surface area contributed by atoms with E-state index in [1.165, 1.54) is 12.7 Å². The van der Waals surface area contributed by atoms with Gasteiger partial charge < -0.3 is 15.2 Å². The minimum absolute atomic E-state index is 0.0155. The van der Waals surface area contributed by atoms with E-state index in [1.54, 1.807) is 16.4 Å². The molecule has 1 amide bonds. The molecule has 3 aromatic rings. The minimum atomic E-state index is -1.09. The average Bonchev–Trinajstić information content (AvgIpc) is 3.31. The van der Waals surface area contributed by atoms with E-state index in [0.29, 0.717) is 30.2 Å². The lowest BCUT2D eigenvalue weighted by Crippen LogP contribution is -2.14. The number of nitrogens with one attached hydrogen (secondary N) is 1. The van der Waals surface area contributed by atoms with Gasteiger partial charge in [0.2, 0.25) is 5.91 Å². The maximum Gasteiger partial charge on any atom is 0.356 e. The summed E-state index contributed by atoms with van der Waals surface area (Å²) in [5, 5.41) is 16.7. The monoisotopic (exact) mass is 396 g/mol. The van der Waals surface area contributed by atoms with E-state index in [4.69, 9.17) is 4.74 Å². The average molecular weight is 396 g/mol. The molecule has 0 aliphatic carbocycles. The quantitative estimate of drug-likeness (QED) is 0.508. The van der Waals surface area contributed by atoms with Gasteiger partial charge in [-0.05, 0) is 24.1 Å². The first-order valence-corrected chi connectivity index (χ1v) is 9.17. The number of ether oxygens (including phenoxy) is 1. The van der Waals surface area contributed by atoms with Gasteiger partial charge in [-0.2, -0.15) is 5.10 Å². The number of anilines is 1. The molecule has 10 nitrogen and oxygen atoms in total. The first kappa shape index (κ1) is 18.8. The number of aryl methyl sites for hydroxylation is 1. The molecule has 10 heteroatoms. The van der Waals surface area contributed by atoms with Gasteiger partial charge in [-0.15, -0.1) is 0 Å². The second-order valence-corrected chi connectivity index (χ2v) is 6.63. The zero-order chi connectivity index (χ0) is 20.5. The number of carbonyl (C=O) groups excluding carboxylic acids is 1. The Bertz CT molecular complexity index is 1100. The van der Waals surface area contributed by atoms with E-state index in [-0.39, 0.29) is 24.6 Å². The van der Waals surface area contributed by atoms with Gasteiger partial charge in [0.1, 0.15) is 12.7 Å². The molecule has 0 spiro atoms. The summed E-state index contributed by atoms with van der Waals surface area (Å²) in [5.74, 6) is -0.646. The van der Waals surface area contributed by atoms with Gasteiger partial charge >= 0.3 is 5.97 Å². The molecule has 0 radical (unpaired) electrons. The number of amides is 1. The van der Waals surface area contributed by atoms with Gasteiger partial charge in [0, 0.05) is 18.4 Å². The van der Waals surface area contributed by atoms with Crippen LogP contribution in [0.25, 0.3) is 17.1 Å². The Hall–Kier alpha value is -3.53. The molecular formula is C19H20N6O4. The smallest absolute Gasteiger partial charge is 0.356 e. The molecule has 1 aliphatic heterocycles. The maximum atomic E-state index is 12.2. The highest BCUT2D eigenvalue weighted by molar-refractivity contribution is 5.93. The van der Waals surface area contributed by atoms with Crippen molar-refractivity contribution in [3.8, 4) is 17.1 Å². The van der Waals surface area contributed by atoms with Crippen molar-refractivity contribution >= 4 is 17.6 Å². The molecular weight excluding hydrogens is 376 g/mol. The fraction of sp³-hybridized carbons (Fsp3) is 0.316. The highest BCUT2D eigenvalue weighted by Gasteiger charge is 2.28. The van der Waals surface area contributed by atoms with Gasteiger partial charge in [-0.1, -0.05) is 6.92 Å². The summed E-state index contributed by atoms with van der Waals surface area (Å²) >= 11 is 0. The Morgan fingerprint density at radius 2 is 2.14 bits per heavy atom. The van der Waals surface area contributed by atoms with Gasteiger partial charge in [0.15, 0.2) is 11.5 Å². The molecule has 29 heavy (non-hydrogen) atoms. The lowest BCUT2D eigenvalue weighted by atomic mass is 10.0. The Balaban J connectivity index is 1.89. The van der Waals surface area contributed by atoms with Crippen LogP contribution in [0.3, 0.4) is 0 Å². The summed E-state index contributed by atoms with van der Waals surface area (Å²) in [7, 11) is 1.55. The van der Waals surface area contributed by atoms with Crippen LogP contribution in [0, 0.1) is 0 Å². The fourth-order valence-corrected chi connectivity index (χ4v) is 3.54. The van der Waals surface area contributed by atoms with Crippen molar-refractivity contribution in [1.29, 1.82) is 0 Å². The molecule has 1 aromatic carbocycles. The molecule has 150 valence electrons. The Kier molecular flexibility index (Phi) is 4.85. The predicted octanol–water partition coefficient (Wildman–Crippen LogP) is 1.73. The van der Waals surface area contributed by atoms with Crippen LogP contribution in [0.5, 0.6) is 0 Å². The summed E-state index contributed by atoms with van der Waals surface area (Å²) < 4.78 is 8.38. The van der Waals surface area contributed by atoms with Crippen LogP contribution in [-0.4, -0.2) is 55.0 Å². The number of benzene rings is 1. The summed E-state index contributed by atoms with van der Waals surface area (Å²) in [4.78, 5) is 32.3. The second kappa shape index (κ2) is 7.47. The van der Waals surface area contributed by atoms with Crippen molar-refractivity contribution in [3.05, 3.63) is 41.7 Å². The number of rotatable bonds is 6. The molecule has 0 fully saturated rings. The van der Waals surface area contributed by atoms with Crippen LogP contribution in [-0.2, 0) is 22.5 Å². The van der Waals surface area contributed by atoms with Gasteiger partial charge in [0.25, 0.3) is 0 Å². The molecule has 4 rings (SSSR count). The number of aromatic nitrogens is 5. The third-order valence-corrected chi connectivity index (χ3v) is 4.85. The van der Waals surface area contributed by atoms with Gasteiger partial charge in [-0.3, -0.25) is 9.36 Å². The summed E-state index contributed by atoms with van der Waals surface area (Å²) in [5.41, 5.74) is 3.61. The largest absolute Gasteiger partial charge is 0.476 e. The van der Waals surface area contributed by atoms with Gasteiger partial charge in [-0.25, -0.2) is 19.4 Å². The molecule has 1 aliphatic rings. The molecule has 0 saturated heterocycles. The first-order valence-electron chi connectivity index (χ1n) is 9.17. The molecule has 3 heterocycles. The van der Waals surface area contributed by atoms with Crippen molar-refractivity contribution in [1.82, 2.24) is 24.3 Å². The van der Waals surface area contributed by atoms with Crippen molar-refractivity contribution < 1.29 is 19.4 Å². The van der Waals surface area contributed by atoms with Crippen molar-refractivity contribution in [2.75, 3.05) is 19.0 Å². The molecule has 2 aromatic heterocycles. The number of carbonyl (C=O) groups is 2. The van der Waals surface area contributed by atoms with E-state index in [0.717, 1.165) is 16.8 Å². The predicted molar refractivity (Wildman–Crippen MR) is 103 cm³/mol. The Morgan fingerprint density at radius 1 is 1.31 bits per heavy atom. The van der Waals surface area contributed by atoms with Crippen molar-refractivity contribution in [2.24, 2.45) is 0 Å². The van der Waals surface area contributed by atoms with Crippen LogP contribution in [0.1, 0.15) is 35.1 Å². The highest BCUT2D eigenvalue weighted by atomic mass is 16.5. The molecule has 0 atom stereocenters. The minimum Gasteiger partial charge on any atom is -0.476 e. The Morgan fingerprint density at radius 3 is 2.86 bits per heavy atom. The molecule has 2 N–H and O–H groups in total. The molecule has 0 bridgehead atoms. The van der Waals surface area contributed by atoms with E-state index in [1.807, 2.05) is 19.1 Å². The van der Waals surface area contributed by atoms with E-state index in [2.05, 4.69) is 20.4 Å². The number of hydrogen-bond donors (Lipinski definition) is 2. The number of imidazole rings is 1. The summed E-state index contributed by atoms with van der Waals surface area (Å²) in [6.45, 7) is 2.56. The number of methoxy groups -OCH3 is 1. The Labute approximate surface area is 166 Å². The standard InChI is InChI=1S/C19H20N6O4/c1-3-11-6-12(23-15(26)4-5-29-2)7-13-17(11)24-10-21-16(19(27)28)14(24)8-25-18(13)20-9-22-25/h6-7,9-10H,3-5,8H2,1-2H3,(H,23,26)(H,27,28). The molecule has 0 saturated carbocycles. The lowest BCUT2D eigenvalue weighted by Gasteiger charge is -2.16. The van der Waals surface area contributed by atoms with Crippen LogP contribution in [0.4, 0.5) is 5.69 Å². The fourth-order valence-electron chi connectivity index (χ4n) is 3.54. The summed E-state index contributed by atoms with van der Waals surface area (Å²) in [6, 6.07) is 3.72. The topological polar surface area (TPSA) is 124 Å². The molecule has 0 unspecified atom stereocenters. The number of hydrogen-bond acceptors (Lipinski definition) is 6. The number of carboxylic acid groups (broad SMARTS) is 1. The van der Waals surface area contributed by atoms with Crippen molar-refractivity contribution in [3.63, 3.8) is 0 Å². The van der Waals surface area contributed by atoms with Crippen LogP contribution in [0.15, 0.2) is 24.8 Å². The van der Waals surface area contributed by atoms with Crippen LogP contribution in [0.2, 0.25) is 0 Å². The third-order valence-electron chi connectivity index (χ3n) is 4.85. The SMILES string of the molecule is CCc1cc(NC(=O)CCOC)cc2c1-n1cnc(C(=O)O)c1Cn1ncnc1-2. The third kappa shape index (κ3) is 3.27. The highest BCUT2D eigenvalue weighted by Crippen LogP contribution is 2.36. The summed E-state index contributed by atoms with van der Waals surface area (Å²) in [6.07, 6.45) is 3.86. The maximum absolute atomic E-state index is 12.2. The number of fused-ring (bicyclic) bond motifs is 5. The van der Waals surface area contributed by atoms with Crippen molar-refractivity contribution in [2.45, 2.75) is 26.3 Å². The normalized spacial score (nSPS) is 11.9. The lowest BCUT2D eigenvalue weighted by molar-refractivity contribution is -0.117. The number of nitrogens with zero attached hydrogens (tertiary/aromatic N) is 5. The number of carboxylic acids is 1. The second-order valence-electron chi connectivity index (χ2n) is 6.63. The van der Waals surface area contributed by atoms with E-state index in [9.17, 15) is 14.7 Å². The van der Waals surface area contributed by atoms with Crippen LogP contribution < -0.4 is 5.32 Å². The van der Waals surface area contributed by atoms with E-state index < -0.39 is 5.97 Å². The zero-order valence-corrected chi connectivity index (χ0v) is 16.0. The first-order chi connectivity index (χ1) is 14.0.